The Kier molecular flexibility index (Phi) is 6.83. The molecule has 4 heteroatoms. The molecule has 20 heavy (non-hydrogen) atoms. The van der Waals surface area contributed by atoms with E-state index in [-0.39, 0.29) is 11.6 Å². The molecule has 1 aromatic rings. The fourth-order valence-electron chi connectivity index (χ4n) is 1.83. The minimum atomic E-state index is 0.104. The summed E-state index contributed by atoms with van der Waals surface area (Å²) in [5, 5.41) is 3.50. The molecule has 0 radical (unpaired) electrons. The van der Waals surface area contributed by atoms with Gasteiger partial charge in [-0.15, -0.1) is 0 Å². The molecule has 1 N–H and O–H groups in total. The van der Waals surface area contributed by atoms with Crippen molar-refractivity contribution in [2.75, 3.05) is 13.7 Å². The van der Waals surface area contributed by atoms with Crippen LogP contribution in [0.3, 0.4) is 0 Å². The minimum Gasteiger partial charge on any atom is -0.497 e. The van der Waals surface area contributed by atoms with Gasteiger partial charge in [-0.1, -0.05) is 13.3 Å². The second-order valence-electron chi connectivity index (χ2n) is 5.96. The molecule has 3 nitrogen and oxygen atoms in total. The van der Waals surface area contributed by atoms with E-state index in [0.717, 1.165) is 35.4 Å². The predicted molar refractivity (Wildman–Crippen MR) is 87.8 cm³/mol. The quantitative estimate of drug-likeness (QED) is 0.796. The number of benzene rings is 1. The Morgan fingerprint density at radius 2 is 2.00 bits per heavy atom. The van der Waals surface area contributed by atoms with Gasteiger partial charge in [-0.25, -0.2) is 0 Å². The third-order valence-electron chi connectivity index (χ3n) is 2.90. The zero-order chi connectivity index (χ0) is 15.2. The van der Waals surface area contributed by atoms with Crippen LogP contribution in [-0.2, 0) is 0 Å². The van der Waals surface area contributed by atoms with Crippen molar-refractivity contribution in [3.05, 3.63) is 22.7 Å². The van der Waals surface area contributed by atoms with E-state index in [2.05, 4.69) is 48.9 Å². The second-order valence-corrected chi connectivity index (χ2v) is 6.81. The number of methoxy groups -OCH3 is 1. The summed E-state index contributed by atoms with van der Waals surface area (Å²) in [7, 11) is 1.66. The number of ether oxygens (including phenoxy) is 2. The van der Waals surface area contributed by atoms with Gasteiger partial charge in [0, 0.05) is 12.1 Å². The van der Waals surface area contributed by atoms with Gasteiger partial charge in [0.15, 0.2) is 0 Å². The lowest BCUT2D eigenvalue weighted by atomic mass is 10.1. The molecule has 0 saturated carbocycles. The van der Waals surface area contributed by atoms with E-state index in [1.54, 1.807) is 7.11 Å². The monoisotopic (exact) mass is 343 g/mol. The van der Waals surface area contributed by atoms with Crippen LogP contribution in [-0.4, -0.2) is 25.3 Å². The third-order valence-corrected chi connectivity index (χ3v) is 3.52. The first kappa shape index (κ1) is 17.3. The highest BCUT2D eigenvalue weighted by atomic mass is 79.9. The zero-order valence-electron chi connectivity index (χ0n) is 13.1. The van der Waals surface area contributed by atoms with Crippen molar-refractivity contribution in [3.8, 4) is 11.5 Å². The Balaban J connectivity index is 2.69. The first-order chi connectivity index (χ1) is 9.35. The van der Waals surface area contributed by atoms with Crippen molar-refractivity contribution in [2.45, 2.75) is 52.2 Å². The van der Waals surface area contributed by atoms with Crippen molar-refractivity contribution in [3.63, 3.8) is 0 Å². The van der Waals surface area contributed by atoms with Gasteiger partial charge in [0.2, 0.25) is 0 Å². The summed E-state index contributed by atoms with van der Waals surface area (Å²) in [6.45, 7) is 9.52. The van der Waals surface area contributed by atoms with Gasteiger partial charge in [0.25, 0.3) is 0 Å². The highest BCUT2D eigenvalue weighted by Crippen LogP contribution is 2.30. The Morgan fingerprint density at radius 3 is 2.50 bits per heavy atom. The molecule has 114 valence electrons. The maximum absolute atomic E-state index is 6.12. The molecule has 0 aliphatic rings. The van der Waals surface area contributed by atoms with E-state index in [4.69, 9.17) is 9.47 Å². The maximum atomic E-state index is 6.12. The molecular weight excluding hydrogens is 318 g/mol. The second kappa shape index (κ2) is 7.89. The van der Waals surface area contributed by atoms with E-state index in [0.29, 0.717) is 0 Å². The van der Waals surface area contributed by atoms with Gasteiger partial charge in [0.1, 0.15) is 17.6 Å². The standard InChI is InChI=1S/C16H26BrNO2/c1-6-7-13(11-18-16(2,3)4)20-15-9-8-12(19-5)10-14(15)17/h8-10,13,18H,6-7,11H2,1-5H3. The van der Waals surface area contributed by atoms with Crippen LogP contribution in [0.1, 0.15) is 40.5 Å². The normalized spacial score (nSPS) is 13.1. The summed E-state index contributed by atoms with van der Waals surface area (Å²) in [6, 6.07) is 5.79. The van der Waals surface area contributed by atoms with Gasteiger partial charge < -0.3 is 14.8 Å². The Morgan fingerprint density at radius 1 is 1.30 bits per heavy atom. The summed E-state index contributed by atoms with van der Waals surface area (Å²) in [5.74, 6) is 1.68. The van der Waals surface area contributed by atoms with Crippen molar-refractivity contribution in [1.29, 1.82) is 0 Å². The van der Waals surface area contributed by atoms with Crippen LogP contribution >= 0.6 is 15.9 Å². The number of hydrogen-bond donors (Lipinski definition) is 1. The molecule has 0 saturated heterocycles. The zero-order valence-corrected chi connectivity index (χ0v) is 14.7. The molecule has 0 bridgehead atoms. The van der Waals surface area contributed by atoms with Gasteiger partial charge in [0.05, 0.1) is 11.6 Å². The summed E-state index contributed by atoms with van der Waals surface area (Å²) >= 11 is 3.53. The fraction of sp³-hybridized carbons (Fsp3) is 0.625. The smallest absolute Gasteiger partial charge is 0.134 e. The predicted octanol–water partition coefficient (Wildman–Crippen LogP) is 4.39. The summed E-state index contributed by atoms with van der Waals surface area (Å²) in [6.07, 6.45) is 2.30. The highest BCUT2D eigenvalue weighted by molar-refractivity contribution is 9.10. The third kappa shape index (κ3) is 6.14. The van der Waals surface area contributed by atoms with E-state index in [1.807, 2.05) is 18.2 Å². The Labute approximate surface area is 131 Å². The molecule has 0 fully saturated rings. The summed E-state index contributed by atoms with van der Waals surface area (Å²) < 4.78 is 12.2. The molecule has 0 aliphatic carbocycles. The number of halogens is 1. The molecule has 1 rings (SSSR count). The van der Waals surface area contributed by atoms with Crippen molar-refractivity contribution < 1.29 is 9.47 Å². The van der Waals surface area contributed by atoms with Crippen molar-refractivity contribution >= 4 is 15.9 Å². The van der Waals surface area contributed by atoms with Crippen LogP contribution in [0.15, 0.2) is 22.7 Å². The van der Waals surface area contributed by atoms with Crippen LogP contribution in [0.2, 0.25) is 0 Å². The van der Waals surface area contributed by atoms with Crippen molar-refractivity contribution in [1.82, 2.24) is 5.32 Å². The largest absolute Gasteiger partial charge is 0.497 e. The Bertz CT molecular complexity index is 415. The lowest BCUT2D eigenvalue weighted by molar-refractivity contribution is 0.173. The van der Waals surface area contributed by atoms with Gasteiger partial charge in [-0.2, -0.15) is 0 Å². The molecule has 0 amide bonds. The highest BCUT2D eigenvalue weighted by Gasteiger charge is 2.16. The lowest BCUT2D eigenvalue weighted by Crippen LogP contribution is -2.42. The lowest BCUT2D eigenvalue weighted by Gasteiger charge is -2.26. The molecule has 1 unspecified atom stereocenters. The van der Waals surface area contributed by atoms with Gasteiger partial charge in [-0.3, -0.25) is 0 Å². The molecule has 1 atom stereocenters. The first-order valence-corrected chi connectivity index (χ1v) is 7.90. The van der Waals surface area contributed by atoms with Crippen LogP contribution < -0.4 is 14.8 Å². The van der Waals surface area contributed by atoms with Crippen LogP contribution in [0, 0.1) is 0 Å². The van der Waals surface area contributed by atoms with Crippen LogP contribution in [0.25, 0.3) is 0 Å². The van der Waals surface area contributed by atoms with E-state index >= 15 is 0 Å². The average molecular weight is 344 g/mol. The summed E-state index contributed by atoms with van der Waals surface area (Å²) in [5.41, 5.74) is 0.104. The molecule has 1 aromatic carbocycles. The Hall–Kier alpha value is -0.740. The molecule has 0 aromatic heterocycles. The molecule has 0 aliphatic heterocycles. The topological polar surface area (TPSA) is 30.5 Å². The minimum absolute atomic E-state index is 0.104. The van der Waals surface area contributed by atoms with Crippen LogP contribution in [0.4, 0.5) is 0 Å². The summed E-state index contributed by atoms with van der Waals surface area (Å²) in [4.78, 5) is 0. The van der Waals surface area contributed by atoms with Crippen LogP contribution in [0.5, 0.6) is 11.5 Å². The van der Waals surface area contributed by atoms with E-state index < -0.39 is 0 Å². The van der Waals surface area contributed by atoms with E-state index in [1.165, 1.54) is 0 Å². The van der Waals surface area contributed by atoms with Gasteiger partial charge >= 0.3 is 0 Å². The molecule has 0 heterocycles. The van der Waals surface area contributed by atoms with E-state index in [9.17, 15) is 0 Å². The molecular formula is C16H26BrNO2. The number of rotatable bonds is 7. The fourth-order valence-corrected chi connectivity index (χ4v) is 2.28. The average Bonchev–Trinajstić information content (AvgIpc) is 2.37. The maximum Gasteiger partial charge on any atom is 0.134 e. The number of hydrogen-bond acceptors (Lipinski definition) is 3. The van der Waals surface area contributed by atoms with Crippen molar-refractivity contribution in [2.24, 2.45) is 0 Å². The SMILES string of the molecule is CCCC(CNC(C)(C)C)Oc1ccc(OC)cc1Br. The first-order valence-electron chi connectivity index (χ1n) is 7.11. The van der Waals surface area contributed by atoms with Gasteiger partial charge in [-0.05, 0) is 61.3 Å². The number of nitrogens with one attached hydrogen (secondary N) is 1. The molecule has 0 spiro atoms.